The summed E-state index contributed by atoms with van der Waals surface area (Å²) in [5, 5.41) is 2.26. The van der Waals surface area contributed by atoms with E-state index in [0.717, 1.165) is 27.9 Å². The molecule has 94 valence electrons. The smallest absolute Gasteiger partial charge is 0.154 e. The predicted octanol–water partition coefficient (Wildman–Crippen LogP) is 3.84. The molecular weight excluding hydrogens is 254 g/mol. The van der Waals surface area contributed by atoms with Crippen molar-refractivity contribution in [3.05, 3.63) is 34.2 Å². The molecule has 0 saturated carbocycles. The fourth-order valence-electron chi connectivity index (χ4n) is 2.27. The summed E-state index contributed by atoms with van der Waals surface area (Å²) >= 11 is 6.35. The van der Waals surface area contributed by atoms with Crippen molar-refractivity contribution >= 4 is 33.5 Å². The SMILES string of the molecule is Cc1cc2c(CON)c3oc(C)cc3c(Cl)c2o1. The van der Waals surface area contributed by atoms with E-state index in [2.05, 4.69) is 0 Å². The van der Waals surface area contributed by atoms with Gasteiger partial charge < -0.3 is 8.83 Å². The van der Waals surface area contributed by atoms with Crippen LogP contribution < -0.4 is 5.90 Å². The Labute approximate surface area is 108 Å². The molecule has 0 bridgehead atoms. The molecule has 0 radical (unpaired) electrons. The number of aryl methyl sites for hydroxylation is 2. The van der Waals surface area contributed by atoms with Crippen LogP contribution in [0.3, 0.4) is 0 Å². The molecule has 4 nitrogen and oxygen atoms in total. The van der Waals surface area contributed by atoms with E-state index in [4.69, 9.17) is 31.2 Å². The van der Waals surface area contributed by atoms with Crippen LogP contribution in [0.4, 0.5) is 0 Å². The van der Waals surface area contributed by atoms with E-state index in [9.17, 15) is 0 Å². The second kappa shape index (κ2) is 4.02. The van der Waals surface area contributed by atoms with Crippen molar-refractivity contribution in [2.45, 2.75) is 20.5 Å². The maximum atomic E-state index is 6.35. The largest absolute Gasteiger partial charge is 0.461 e. The normalized spacial score (nSPS) is 11.8. The van der Waals surface area contributed by atoms with Crippen molar-refractivity contribution in [1.82, 2.24) is 0 Å². The van der Waals surface area contributed by atoms with Gasteiger partial charge in [0.1, 0.15) is 17.1 Å². The van der Waals surface area contributed by atoms with Gasteiger partial charge in [0.15, 0.2) is 5.58 Å². The highest BCUT2D eigenvalue weighted by molar-refractivity contribution is 6.40. The molecule has 2 heterocycles. The zero-order valence-electron chi connectivity index (χ0n) is 10.0. The van der Waals surface area contributed by atoms with Crippen LogP contribution in [0, 0.1) is 13.8 Å². The minimum atomic E-state index is 0.246. The standard InChI is InChI=1S/C13H12ClNO3/c1-6-3-8-10(5-16-15)12-9(4-7(2)17-12)11(14)13(8)18-6/h3-4H,5,15H2,1-2H3. The summed E-state index contributed by atoms with van der Waals surface area (Å²) in [5.41, 5.74) is 2.21. The predicted molar refractivity (Wildman–Crippen MR) is 69.4 cm³/mol. The number of rotatable bonds is 2. The van der Waals surface area contributed by atoms with Gasteiger partial charge in [0.25, 0.3) is 0 Å². The quantitative estimate of drug-likeness (QED) is 0.715. The minimum Gasteiger partial charge on any atom is -0.461 e. The number of nitrogens with two attached hydrogens (primary N) is 1. The summed E-state index contributed by atoms with van der Waals surface area (Å²) in [6, 6.07) is 3.79. The van der Waals surface area contributed by atoms with Gasteiger partial charge in [0.2, 0.25) is 0 Å². The molecule has 5 heteroatoms. The van der Waals surface area contributed by atoms with Gasteiger partial charge in [-0.1, -0.05) is 11.6 Å². The summed E-state index contributed by atoms with van der Waals surface area (Å²) in [5.74, 6) is 6.76. The van der Waals surface area contributed by atoms with E-state index in [1.807, 2.05) is 26.0 Å². The Bertz CT molecular complexity index is 684. The van der Waals surface area contributed by atoms with Crippen molar-refractivity contribution < 1.29 is 13.7 Å². The lowest BCUT2D eigenvalue weighted by Crippen LogP contribution is -1.99. The molecule has 1 aromatic carbocycles. The van der Waals surface area contributed by atoms with Crippen molar-refractivity contribution in [2.75, 3.05) is 0 Å². The highest BCUT2D eigenvalue weighted by Crippen LogP contribution is 2.39. The average molecular weight is 266 g/mol. The molecule has 3 aromatic rings. The first-order chi connectivity index (χ1) is 8.61. The number of benzene rings is 1. The molecule has 0 unspecified atom stereocenters. The number of furan rings is 2. The number of fused-ring (bicyclic) bond motifs is 2. The average Bonchev–Trinajstić information content (AvgIpc) is 2.88. The van der Waals surface area contributed by atoms with Crippen molar-refractivity contribution in [3.63, 3.8) is 0 Å². The third-order valence-electron chi connectivity index (χ3n) is 2.97. The molecule has 0 spiro atoms. The van der Waals surface area contributed by atoms with Gasteiger partial charge in [0, 0.05) is 16.3 Å². The third-order valence-corrected chi connectivity index (χ3v) is 3.35. The van der Waals surface area contributed by atoms with E-state index in [1.165, 1.54) is 0 Å². The van der Waals surface area contributed by atoms with E-state index < -0.39 is 0 Å². The molecule has 0 aliphatic heterocycles. The van der Waals surface area contributed by atoms with E-state index in [0.29, 0.717) is 16.2 Å². The summed E-state index contributed by atoms with van der Waals surface area (Å²) < 4.78 is 11.3. The lowest BCUT2D eigenvalue weighted by molar-refractivity contribution is 0.125. The maximum Gasteiger partial charge on any atom is 0.154 e. The van der Waals surface area contributed by atoms with Gasteiger partial charge in [0.05, 0.1) is 11.6 Å². The first-order valence-electron chi connectivity index (χ1n) is 5.54. The monoisotopic (exact) mass is 265 g/mol. The lowest BCUT2D eigenvalue weighted by Gasteiger charge is -2.04. The number of hydrogen-bond donors (Lipinski definition) is 1. The van der Waals surface area contributed by atoms with Gasteiger partial charge >= 0.3 is 0 Å². The first-order valence-corrected chi connectivity index (χ1v) is 5.92. The van der Waals surface area contributed by atoms with Crippen molar-refractivity contribution in [1.29, 1.82) is 0 Å². The molecule has 0 atom stereocenters. The Morgan fingerprint density at radius 2 is 1.72 bits per heavy atom. The number of hydrogen-bond acceptors (Lipinski definition) is 4. The highest BCUT2D eigenvalue weighted by atomic mass is 35.5. The zero-order chi connectivity index (χ0) is 12.9. The van der Waals surface area contributed by atoms with E-state index >= 15 is 0 Å². The van der Waals surface area contributed by atoms with Crippen LogP contribution in [0.15, 0.2) is 21.0 Å². The Morgan fingerprint density at radius 3 is 2.39 bits per heavy atom. The topological polar surface area (TPSA) is 61.5 Å². The third kappa shape index (κ3) is 1.54. The summed E-state index contributed by atoms with van der Waals surface area (Å²) in [7, 11) is 0. The molecule has 0 aliphatic rings. The van der Waals surface area contributed by atoms with Gasteiger partial charge in [-0.25, -0.2) is 5.90 Å². The van der Waals surface area contributed by atoms with Crippen LogP contribution >= 0.6 is 11.6 Å². The highest BCUT2D eigenvalue weighted by Gasteiger charge is 2.19. The molecule has 2 aromatic heterocycles. The van der Waals surface area contributed by atoms with Crippen molar-refractivity contribution in [3.8, 4) is 0 Å². The molecule has 3 rings (SSSR count). The summed E-state index contributed by atoms with van der Waals surface area (Å²) in [6.45, 7) is 3.99. The Balaban J connectivity index is 2.51. The molecule has 18 heavy (non-hydrogen) atoms. The van der Waals surface area contributed by atoms with Gasteiger partial charge in [-0.15, -0.1) is 0 Å². The van der Waals surface area contributed by atoms with E-state index in [-0.39, 0.29) is 6.61 Å². The lowest BCUT2D eigenvalue weighted by atomic mass is 10.1. The minimum absolute atomic E-state index is 0.246. The van der Waals surface area contributed by atoms with Gasteiger partial charge in [-0.3, -0.25) is 4.84 Å². The Morgan fingerprint density at radius 1 is 1.11 bits per heavy atom. The maximum absolute atomic E-state index is 6.35. The Kier molecular flexibility index (Phi) is 2.59. The number of halogens is 1. The van der Waals surface area contributed by atoms with E-state index in [1.54, 1.807) is 0 Å². The molecular formula is C13H12ClNO3. The fourth-order valence-corrected chi connectivity index (χ4v) is 2.55. The van der Waals surface area contributed by atoms with Crippen LogP contribution in [-0.4, -0.2) is 0 Å². The second-order valence-corrected chi connectivity index (χ2v) is 4.68. The van der Waals surface area contributed by atoms with Gasteiger partial charge in [-0.2, -0.15) is 0 Å². The zero-order valence-corrected chi connectivity index (χ0v) is 10.8. The molecule has 0 amide bonds. The van der Waals surface area contributed by atoms with Crippen molar-refractivity contribution in [2.24, 2.45) is 5.90 Å². The Hall–Kier alpha value is -1.49. The first kappa shape index (κ1) is 11.6. The molecule has 0 saturated heterocycles. The van der Waals surface area contributed by atoms with Gasteiger partial charge in [-0.05, 0) is 26.0 Å². The van der Waals surface area contributed by atoms with Crippen LogP contribution in [-0.2, 0) is 11.4 Å². The van der Waals surface area contributed by atoms with Crippen LogP contribution in [0.2, 0.25) is 5.02 Å². The fraction of sp³-hybridized carbons (Fsp3) is 0.231. The second-order valence-electron chi connectivity index (χ2n) is 4.30. The molecule has 2 N–H and O–H groups in total. The van der Waals surface area contributed by atoms with Crippen LogP contribution in [0.25, 0.3) is 21.9 Å². The summed E-state index contributed by atoms with van der Waals surface area (Å²) in [6.07, 6.45) is 0. The van der Waals surface area contributed by atoms with Crippen LogP contribution in [0.1, 0.15) is 17.1 Å². The summed E-state index contributed by atoms with van der Waals surface area (Å²) in [4.78, 5) is 4.76. The molecule has 0 fully saturated rings. The molecule has 0 aliphatic carbocycles. The van der Waals surface area contributed by atoms with Crippen LogP contribution in [0.5, 0.6) is 0 Å².